The summed E-state index contributed by atoms with van der Waals surface area (Å²) in [5.41, 5.74) is 2.26. The first-order chi connectivity index (χ1) is 8.13. The van der Waals surface area contributed by atoms with Gasteiger partial charge >= 0.3 is 0 Å². The number of rotatable bonds is 7. The van der Waals surface area contributed by atoms with E-state index in [1.165, 1.54) is 5.69 Å². The first-order valence-electron chi connectivity index (χ1n) is 6.11. The molecule has 0 bridgehead atoms. The highest BCUT2D eigenvalue weighted by Crippen LogP contribution is 2.12. The predicted octanol–water partition coefficient (Wildman–Crippen LogP) is 2.45. The van der Waals surface area contributed by atoms with Crippen LogP contribution in [0.25, 0.3) is 0 Å². The van der Waals surface area contributed by atoms with Crippen LogP contribution in [0.4, 0.5) is 5.69 Å². The monoisotopic (exact) mass is 233 g/mol. The highest BCUT2D eigenvalue weighted by atomic mass is 15.1. The summed E-state index contributed by atoms with van der Waals surface area (Å²) in [4.78, 5) is 6.52. The molecule has 3 heteroatoms. The van der Waals surface area contributed by atoms with Crippen LogP contribution in [0.3, 0.4) is 0 Å². The van der Waals surface area contributed by atoms with Crippen molar-refractivity contribution in [2.24, 2.45) is 5.92 Å². The number of nitrogens with one attached hydrogen (secondary N) is 1. The normalized spacial score (nSPS) is 10.6. The Labute approximate surface area is 105 Å². The number of likely N-dealkylation sites (N-methyl/N-ethyl adjacent to an activating group) is 1. The molecule has 1 aromatic rings. The average molecular weight is 233 g/mol. The second-order valence-electron chi connectivity index (χ2n) is 4.70. The molecule has 94 valence electrons. The van der Waals surface area contributed by atoms with E-state index in [1.807, 2.05) is 18.3 Å². The van der Waals surface area contributed by atoms with Gasteiger partial charge in [-0.1, -0.05) is 19.9 Å². The van der Waals surface area contributed by atoms with Crippen LogP contribution in [0.2, 0.25) is 0 Å². The Morgan fingerprint density at radius 2 is 2.29 bits per heavy atom. The van der Waals surface area contributed by atoms with Crippen molar-refractivity contribution in [2.45, 2.75) is 20.4 Å². The number of hydrogen-bond acceptors (Lipinski definition) is 3. The zero-order valence-corrected chi connectivity index (χ0v) is 11.1. The number of pyridine rings is 1. The van der Waals surface area contributed by atoms with Crippen LogP contribution in [-0.2, 0) is 6.54 Å². The maximum atomic E-state index is 4.36. The Hall–Kier alpha value is -1.35. The summed E-state index contributed by atoms with van der Waals surface area (Å²) in [7, 11) is 2.06. The standard InChI is InChI=1S/C14H23N3/c1-5-8-17(4)14-6-7-16-13(9-14)11-15-10-12(2)3/h5-7,9,12,15H,1,8,10-11H2,2-4H3. The van der Waals surface area contributed by atoms with Crippen LogP contribution in [0.1, 0.15) is 19.5 Å². The minimum atomic E-state index is 0.668. The van der Waals surface area contributed by atoms with Gasteiger partial charge in [0.2, 0.25) is 0 Å². The van der Waals surface area contributed by atoms with Crippen molar-refractivity contribution in [1.29, 1.82) is 0 Å². The van der Waals surface area contributed by atoms with Gasteiger partial charge in [0.15, 0.2) is 0 Å². The Bertz CT molecular complexity index is 347. The summed E-state index contributed by atoms with van der Waals surface area (Å²) in [6, 6.07) is 4.15. The molecule has 0 atom stereocenters. The fourth-order valence-corrected chi connectivity index (χ4v) is 1.59. The van der Waals surface area contributed by atoms with E-state index in [-0.39, 0.29) is 0 Å². The average Bonchev–Trinajstić information content (AvgIpc) is 2.29. The lowest BCUT2D eigenvalue weighted by Crippen LogP contribution is -2.20. The molecular formula is C14H23N3. The van der Waals surface area contributed by atoms with Crippen molar-refractivity contribution < 1.29 is 0 Å². The lowest BCUT2D eigenvalue weighted by molar-refractivity contribution is 0.548. The number of hydrogen-bond donors (Lipinski definition) is 1. The summed E-state index contributed by atoms with van der Waals surface area (Å²) in [5, 5.41) is 3.40. The van der Waals surface area contributed by atoms with Gasteiger partial charge in [-0.05, 0) is 24.6 Å². The molecule has 0 saturated heterocycles. The van der Waals surface area contributed by atoms with Crippen molar-refractivity contribution >= 4 is 5.69 Å². The van der Waals surface area contributed by atoms with Crippen molar-refractivity contribution in [2.75, 3.05) is 25.0 Å². The van der Waals surface area contributed by atoms with E-state index < -0.39 is 0 Å². The topological polar surface area (TPSA) is 28.2 Å². The van der Waals surface area contributed by atoms with E-state index >= 15 is 0 Å². The molecule has 0 aliphatic heterocycles. The molecule has 0 fully saturated rings. The van der Waals surface area contributed by atoms with Gasteiger partial charge in [0, 0.05) is 32.0 Å². The minimum absolute atomic E-state index is 0.668. The zero-order valence-electron chi connectivity index (χ0n) is 11.1. The first-order valence-corrected chi connectivity index (χ1v) is 6.11. The molecule has 1 N–H and O–H groups in total. The van der Waals surface area contributed by atoms with Gasteiger partial charge in [-0.2, -0.15) is 0 Å². The molecular weight excluding hydrogens is 210 g/mol. The van der Waals surface area contributed by atoms with Crippen LogP contribution < -0.4 is 10.2 Å². The highest BCUT2D eigenvalue weighted by Gasteiger charge is 2.01. The van der Waals surface area contributed by atoms with E-state index in [0.29, 0.717) is 5.92 Å². The Morgan fingerprint density at radius 1 is 1.53 bits per heavy atom. The Balaban J connectivity index is 2.56. The molecule has 0 aromatic carbocycles. The Morgan fingerprint density at radius 3 is 2.94 bits per heavy atom. The number of nitrogens with zero attached hydrogens (tertiary/aromatic N) is 2. The fourth-order valence-electron chi connectivity index (χ4n) is 1.59. The van der Waals surface area contributed by atoms with Gasteiger partial charge in [-0.3, -0.25) is 4.98 Å². The van der Waals surface area contributed by atoms with Crippen molar-refractivity contribution in [3.8, 4) is 0 Å². The van der Waals surface area contributed by atoms with Gasteiger partial charge in [0.25, 0.3) is 0 Å². The van der Waals surface area contributed by atoms with Crippen molar-refractivity contribution in [3.05, 3.63) is 36.7 Å². The molecule has 0 saturated carbocycles. The van der Waals surface area contributed by atoms with Gasteiger partial charge in [-0.25, -0.2) is 0 Å². The molecule has 0 radical (unpaired) electrons. The number of aromatic nitrogens is 1. The second kappa shape index (κ2) is 7.07. The first kappa shape index (κ1) is 13.7. The predicted molar refractivity (Wildman–Crippen MR) is 74.2 cm³/mol. The molecule has 1 aromatic heterocycles. The highest BCUT2D eigenvalue weighted by molar-refractivity contribution is 5.46. The Kier molecular flexibility index (Phi) is 5.70. The zero-order chi connectivity index (χ0) is 12.7. The van der Waals surface area contributed by atoms with Crippen LogP contribution in [0.5, 0.6) is 0 Å². The van der Waals surface area contributed by atoms with Gasteiger partial charge in [0.1, 0.15) is 0 Å². The van der Waals surface area contributed by atoms with Gasteiger partial charge in [-0.15, -0.1) is 6.58 Å². The SMILES string of the molecule is C=CCN(C)c1ccnc(CNCC(C)C)c1. The van der Waals surface area contributed by atoms with E-state index in [0.717, 1.165) is 25.3 Å². The molecule has 0 amide bonds. The number of anilines is 1. The fraction of sp³-hybridized carbons (Fsp3) is 0.500. The van der Waals surface area contributed by atoms with Crippen LogP contribution in [0, 0.1) is 5.92 Å². The van der Waals surface area contributed by atoms with E-state index in [1.54, 1.807) is 0 Å². The summed E-state index contributed by atoms with van der Waals surface area (Å²) >= 11 is 0. The van der Waals surface area contributed by atoms with Crippen molar-refractivity contribution in [3.63, 3.8) is 0 Å². The third-order valence-corrected chi connectivity index (χ3v) is 2.50. The summed E-state index contributed by atoms with van der Waals surface area (Å²) in [5.74, 6) is 0.668. The maximum absolute atomic E-state index is 4.36. The summed E-state index contributed by atoms with van der Waals surface area (Å²) < 4.78 is 0. The minimum Gasteiger partial charge on any atom is -0.371 e. The molecule has 0 aliphatic rings. The lowest BCUT2D eigenvalue weighted by atomic mass is 10.2. The van der Waals surface area contributed by atoms with E-state index in [2.05, 4.69) is 48.7 Å². The third kappa shape index (κ3) is 5.00. The van der Waals surface area contributed by atoms with Crippen LogP contribution in [0.15, 0.2) is 31.0 Å². The molecule has 3 nitrogen and oxygen atoms in total. The third-order valence-electron chi connectivity index (χ3n) is 2.50. The smallest absolute Gasteiger partial charge is 0.0562 e. The van der Waals surface area contributed by atoms with Gasteiger partial charge in [0.05, 0.1) is 5.69 Å². The largest absolute Gasteiger partial charge is 0.371 e. The molecule has 0 unspecified atom stereocenters. The summed E-state index contributed by atoms with van der Waals surface area (Å²) in [6.45, 7) is 10.9. The van der Waals surface area contributed by atoms with Crippen molar-refractivity contribution in [1.82, 2.24) is 10.3 Å². The molecule has 17 heavy (non-hydrogen) atoms. The maximum Gasteiger partial charge on any atom is 0.0562 e. The van der Waals surface area contributed by atoms with Crippen LogP contribution >= 0.6 is 0 Å². The van der Waals surface area contributed by atoms with E-state index in [4.69, 9.17) is 0 Å². The molecule has 0 spiro atoms. The molecule has 1 heterocycles. The molecule has 1 rings (SSSR count). The van der Waals surface area contributed by atoms with Gasteiger partial charge < -0.3 is 10.2 Å². The van der Waals surface area contributed by atoms with E-state index in [9.17, 15) is 0 Å². The lowest BCUT2D eigenvalue weighted by Gasteiger charge is -2.17. The molecule has 0 aliphatic carbocycles. The quantitative estimate of drug-likeness (QED) is 0.733. The van der Waals surface area contributed by atoms with Crippen LogP contribution in [-0.4, -0.2) is 25.1 Å². The summed E-state index contributed by atoms with van der Waals surface area (Å²) in [6.07, 6.45) is 3.76. The second-order valence-corrected chi connectivity index (χ2v) is 4.70.